The summed E-state index contributed by atoms with van der Waals surface area (Å²) in [7, 11) is 0. The Kier molecular flexibility index (Phi) is 5.91. The number of hydrogen-bond acceptors (Lipinski definition) is 6. The number of nitrogens with zero attached hydrogens (tertiary/aromatic N) is 2. The van der Waals surface area contributed by atoms with Crippen molar-refractivity contribution in [1.82, 2.24) is 20.5 Å². The summed E-state index contributed by atoms with van der Waals surface area (Å²) >= 11 is 0. The predicted octanol–water partition coefficient (Wildman–Crippen LogP) is 4.91. The summed E-state index contributed by atoms with van der Waals surface area (Å²) in [6, 6.07) is 5.19. The summed E-state index contributed by atoms with van der Waals surface area (Å²) < 4.78 is 50.6. The maximum atomic E-state index is 13.0. The van der Waals surface area contributed by atoms with Gasteiger partial charge in [0.2, 0.25) is 5.75 Å². The number of fused-ring (bicyclic) bond motifs is 1. The van der Waals surface area contributed by atoms with Crippen LogP contribution in [0.15, 0.2) is 47.3 Å². The van der Waals surface area contributed by atoms with Crippen molar-refractivity contribution in [2.75, 3.05) is 25.4 Å². The van der Waals surface area contributed by atoms with Gasteiger partial charge in [-0.15, -0.1) is 0 Å². The van der Waals surface area contributed by atoms with Crippen LogP contribution in [0.2, 0.25) is 0 Å². The van der Waals surface area contributed by atoms with Gasteiger partial charge in [0.25, 0.3) is 0 Å². The van der Waals surface area contributed by atoms with Crippen molar-refractivity contribution in [2.24, 2.45) is 0 Å². The number of rotatable bonds is 6. The van der Waals surface area contributed by atoms with Crippen LogP contribution >= 0.6 is 0 Å². The average molecular weight is 471 g/mol. The lowest BCUT2D eigenvalue weighted by Gasteiger charge is -2.21. The van der Waals surface area contributed by atoms with Gasteiger partial charge >= 0.3 is 6.18 Å². The van der Waals surface area contributed by atoms with E-state index in [2.05, 4.69) is 20.5 Å². The molecule has 3 aromatic heterocycles. The van der Waals surface area contributed by atoms with Gasteiger partial charge in [0.1, 0.15) is 6.26 Å². The van der Waals surface area contributed by atoms with Crippen molar-refractivity contribution in [3.63, 3.8) is 0 Å². The molecule has 0 bridgehead atoms. The Labute approximate surface area is 193 Å². The van der Waals surface area contributed by atoms with E-state index in [0.717, 1.165) is 60.3 Å². The molecule has 4 heterocycles. The van der Waals surface area contributed by atoms with E-state index >= 15 is 0 Å². The summed E-state index contributed by atoms with van der Waals surface area (Å²) in [5.41, 5.74) is 9.11. The number of halogens is 3. The van der Waals surface area contributed by atoms with Crippen LogP contribution in [-0.2, 0) is 12.6 Å². The zero-order valence-corrected chi connectivity index (χ0v) is 18.3. The summed E-state index contributed by atoms with van der Waals surface area (Å²) in [6.45, 7) is 2.02. The van der Waals surface area contributed by atoms with Crippen LogP contribution in [0.25, 0.3) is 22.1 Å². The number of benzene rings is 1. The van der Waals surface area contributed by atoms with Crippen molar-refractivity contribution in [2.45, 2.75) is 31.4 Å². The van der Waals surface area contributed by atoms with Crippen LogP contribution in [-0.4, -0.2) is 34.9 Å². The fraction of sp³-hybridized carbons (Fsp3) is 0.333. The van der Waals surface area contributed by atoms with Crippen LogP contribution in [0.4, 0.5) is 19.0 Å². The van der Waals surface area contributed by atoms with E-state index in [0.29, 0.717) is 17.1 Å². The molecular formula is C24H24F3N5O2. The Morgan fingerprint density at radius 2 is 2.00 bits per heavy atom. The summed E-state index contributed by atoms with van der Waals surface area (Å²) in [5, 5.41) is 11.6. The SMILES string of the molecule is Nc1ncc2c(-c3c[nH]nc3C3CCNCC3)coc2c1OCCc1cccc(C(F)(F)F)c1. The standard InChI is InChI=1S/C24H24F3N5O2/c25-24(26,27)16-3-1-2-14(10-16)6-9-33-22-21-18(11-30-23(22)28)19(13-34-21)17-12-31-32-20(17)15-4-7-29-8-5-15/h1-3,10-13,15,29H,4-9H2,(H2,28,30)(H,31,32). The molecule has 0 radical (unpaired) electrons. The largest absolute Gasteiger partial charge is 0.486 e. The first kappa shape index (κ1) is 22.3. The molecular weight excluding hydrogens is 447 g/mol. The fourth-order valence-electron chi connectivity index (χ4n) is 4.43. The number of anilines is 1. The lowest BCUT2D eigenvalue weighted by molar-refractivity contribution is -0.137. The number of hydrogen-bond donors (Lipinski definition) is 3. The maximum Gasteiger partial charge on any atom is 0.416 e. The van der Waals surface area contributed by atoms with E-state index in [1.165, 1.54) is 6.07 Å². The van der Waals surface area contributed by atoms with Crippen molar-refractivity contribution < 1.29 is 22.3 Å². The zero-order valence-electron chi connectivity index (χ0n) is 18.3. The van der Waals surface area contributed by atoms with E-state index < -0.39 is 11.7 Å². The van der Waals surface area contributed by atoms with Crippen molar-refractivity contribution in [1.29, 1.82) is 0 Å². The highest BCUT2D eigenvalue weighted by atomic mass is 19.4. The minimum Gasteiger partial charge on any atom is -0.486 e. The van der Waals surface area contributed by atoms with Crippen LogP contribution in [0.3, 0.4) is 0 Å². The second-order valence-corrected chi connectivity index (χ2v) is 8.37. The Morgan fingerprint density at radius 3 is 2.79 bits per heavy atom. The van der Waals surface area contributed by atoms with Gasteiger partial charge in [-0.3, -0.25) is 5.10 Å². The number of furan rings is 1. The van der Waals surface area contributed by atoms with Gasteiger partial charge in [-0.25, -0.2) is 4.98 Å². The second-order valence-electron chi connectivity index (χ2n) is 8.37. The monoisotopic (exact) mass is 471 g/mol. The van der Waals surface area contributed by atoms with E-state index in [1.807, 2.05) is 6.20 Å². The number of aromatic nitrogens is 3. The van der Waals surface area contributed by atoms with Gasteiger partial charge < -0.3 is 20.2 Å². The first-order valence-electron chi connectivity index (χ1n) is 11.1. The first-order valence-corrected chi connectivity index (χ1v) is 11.1. The third kappa shape index (κ3) is 4.33. The average Bonchev–Trinajstić information content (AvgIpc) is 3.48. The van der Waals surface area contributed by atoms with Crippen LogP contribution in [0, 0.1) is 0 Å². The molecule has 0 saturated carbocycles. The molecule has 7 nitrogen and oxygen atoms in total. The fourth-order valence-corrected chi connectivity index (χ4v) is 4.43. The van der Waals surface area contributed by atoms with E-state index in [4.69, 9.17) is 14.9 Å². The normalized spacial score (nSPS) is 15.1. The quantitative estimate of drug-likeness (QED) is 0.369. The van der Waals surface area contributed by atoms with Crippen molar-refractivity contribution in [3.8, 4) is 16.9 Å². The van der Waals surface area contributed by atoms with Crippen LogP contribution < -0.4 is 15.8 Å². The molecule has 0 amide bonds. The van der Waals surface area contributed by atoms with Gasteiger partial charge in [-0.1, -0.05) is 18.2 Å². The lowest BCUT2D eigenvalue weighted by atomic mass is 9.90. The molecule has 34 heavy (non-hydrogen) atoms. The van der Waals surface area contributed by atoms with Gasteiger partial charge in [0.05, 0.1) is 23.3 Å². The maximum absolute atomic E-state index is 13.0. The molecule has 10 heteroatoms. The molecule has 0 unspecified atom stereocenters. The van der Waals surface area contributed by atoms with E-state index in [9.17, 15) is 13.2 Å². The smallest absolute Gasteiger partial charge is 0.416 e. The topological polar surface area (TPSA) is 102 Å². The van der Waals surface area contributed by atoms with Crippen molar-refractivity contribution >= 4 is 16.8 Å². The summed E-state index contributed by atoms with van der Waals surface area (Å²) in [6.07, 6.45) is 3.03. The third-order valence-corrected chi connectivity index (χ3v) is 6.18. The Morgan fingerprint density at radius 1 is 1.18 bits per heavy atom. The molecule has 0 atom stereocenters. The number of nitrogen functional groups attached to an aromatic ring is 1. The predicted molar refractivity (Wildman–Crippen MR) is 121 cm³/mol. The summed E-state index contributed by atoms with van der Waals surface area (Å²) in [5.74, 6) is 0.781. The second kappa shape index (κ2) is 9.02. The van der Waals surface area contributed by atoms with E-state index in [-0.39, 0.29) is 24.6 Å². The molecule has 1 aromatic carbocycles. The number of nitrogens with two attached hydrogens (primary N) is 1. The molecule has 1 fully saturated rings. The Balaban J connectivity index is 1.38. The first-order chi connectivity index (χ1) is 16.4. The van der Waals surface area contributed by atoms with Gasteiger partial charge in [0, 0.05) is 35.9 Å². The minimum absolute atomic E-state index is 0.119. The molecule has 1 aliphatic heterocycles. The molecule has 0 spiro atoms. The number of aromatic amines is 1. The van der Waals surface area contributed by atoms with Gasteiger partial charge in [0.15, 0.2) is 11.4 Å². The molecule has 0 aliphatic carbocycles. The highest BCUT2D eigenvalue weighted by molar-refractivity contribution is 5.98. The Bertz CT molecular complexity index is 1290. The molecule has 4 N–H and O–H groups in total. The highest BCUT2D eigenvalue weighted by Gasteiger charge is 2.30. The molecule has 178 valence electrons. The van der Waals surface area contributed by atoms with Gasteiger partial charge in [-0.05, 0) is 37.6 Å². The van der Waals surface area contributed by atoms with E-state index in [1.54, 1.807) is 18.5 Å². The molecule has 4 aromatic rings. The van der Waals surface area contributed by atoms with Gasteiger partial charge in [-0.2, -0.15) is 18.3 Å². The number of alkyl halides is 3. The van der Waals surface area contributed by atoms with Crippen LogP contribution in [0.1, 0.15) is 35.6 Å². The number of piperidine rings is 1. The number of H-pyrrole nitrogens is 1. The highest BCUT2D eigenvalue weighted by Crippen LogP contribution is 2.40. The minimum atomic E-state index is -4.39. The summed E-state index contributed by atoms with van der Waals surface area (Å²) in [4.78, 5) is 4.27. The molecule has 5 rings (SSSR count). The lowest BCUT2D eigenvalue weighted by Crippen LogP contribution is -2.27. The third-order valence-electron chi connectivity index (χ3n) is 6.18. The number of pyridine rings is 1. The molecule has 1 aliphatic rings. The number of nitrogens with one attached hydrogen (secondary N) is 2. The molecule has 1 saturated heterocycles. The van der Waals surface area contributed by atoms with Crippen molar-refractivity contribution in [3.05, 3.63) is 59.7 Å². The zero-order chi connectivity index (χ0) is 23.7. The Hall–Kier alpha value is -3.53. The number of ether oxygens (including phenoxy) is 1. The van der Waals surface area contributed by atoms with Crippen LogP contribution in [0.5, 0.6) is 5.75 Å².